The number of hydrogen-bond acceptors (Lipinski definition) is 8. The largest absolute Gasteiger partial charge is 0.502 e. The van der Waals surface area contributed by atoms with Crippen LogP contribution in [0.5, 0.6) is 0 Å². The van der Waals surface area contributed by atoms with Crippen molar-refractivity contribution in [2.24, 2.45) is 0 Å². The molecule has 92 valence electrons. The summed E-state index contributed by atoms with van der Waals surface area (Å²) in [6, 6.07) is 0. The molecule has 0 aromatic heterocycles. The summed E-state index contributed by atoms with van der Waals surface area (Å²) in [5.74, 6) is -0.525. The Labute approximate surface area is 102 Å². The molecule has 16 heavy (non-hydrogen) atoms. The summed E-state index contributed by atoms with van der Waals surface area (Å²) in [4.78, 5) is 0. The molecule has 0 amide bonds. The van der Waals surface area contributed by atoms with Crippen LogP contribution in [0.25, 0.3) is 0 Å². The number of aliphatic hydroxyl groups is 4. The normalized spacial score (nSPS) is 39.1. The standard InChI is InChI=1S/C8H12O6S2/c1-16-14-8-6(12)4(10)5(11)7(13-8)3(9)2-15/h4-12H,1H3/t4-,5-,6+,7+,8+/m0/s1. The Morgan fingerprint density at radius 2 is 1.94 bits per heavy atom. The number of ether oxygens (including phenoxy) is 1. The average molecular weight is 268 g/mol. The zero-order valence-electron chi connectivity index (χ0n) is 8.31. The Morgan fingerprint density at radius 1 is 1.31 bits per heavy atom. The van der Waals surface area contributed by atoms with E-state index < -0.39 is 36.5 Å². The lowest BCUT2D eigenvalue weighted by atomic mass is 9.98. The summed E-state index contributed by atoms with van der Waals surface area (Å²) < 4.78 is 9.98. The highest BCUT2D eigenvalue weighted by Crippen LogP contribution is 2.26. The van der Waals surface area contributed by atoms with Crippen LogP contribution >= 0.6 is 24.3 Å². The molecule has 0 unspecified atom stereocenters. The van der Waals surface area contributed by atoms with Gasteiger partial charge in [-0.05, 0) is 29.3 Å². The third-order valence-corrected chi connectivity index (χ3v) is 2.73. The molecule has 0 spiro atoms. The van der Waals surface area contributed by atoms with Gasteiger partial charge >= 0.3 is 0 Å². The lowest BCUT2D eigenvalue weighted by Gasteiger charge is -2.38. The molecule has 0 bridgehead atoms. The Kier molecular flexibility index (Phi) is 5.16. The SMILES string of the molecule is CSO[C@H]1O[C@H](C(O)=C=S)[C@@H](O)[C@H](O)[C@H]1O. The van der Waals surface area contributed by atoms with Crippen molar-refractivity contribution in [2.45, 2.75) is 30.7 Å². The molecule has 0 aromatic carbocycles. The van der Waals surface area contributed by atoms with Crippen molar-refractivity contribution < 1.29 is 29.3 Å². The fourth-order valence-corrected chi connectivity index (χ4v) is 1.77. The monoisotopic (exact) mass is 268 g/mol. The van der Waals surface area contributed by atoms with Gasteiger partial charge in [0.1, 0.15) is 18.3 Å². The van der Waals surface area contributed by atoms with E-state index in [0.29, 0.717) is 0 Å². The predicted octanol–water partition coefficient (Wildman–Crippen LogP) is -0.871. The molecular formula is C8H12O6S2. The van der Waals surface area contributed by atoms with Crippen LogP contribution in [0.2, 0.25) is 0 Å². The Balaban J connectivity index is 2.85. The van der Waals surface area contributed by atoms with E-state index in [4.69, 9.17) is 8.92 Å². The average Bonchev–Trinajstić information content (AvgIpc) is 2.29. The van der Waals surface area contributed by atoms with Crippen molar-refractivity contribution in [1.29, 1.82) is 0 Å². The van der Waals surface area contributed by atoms with Crippen molar-refractivity contribution in [2.75, 3.05) is 6.26 Å². The Hall–Kier alpha value is -0.180. The zero-order valence-corrected chi connectivity index (χ0v) is 9.94. The first-order chi connectivity index (χ1) is 7.52. The van der Waals surface area contributed by atoms with Crippen LogP contribution < -0.4 is 0 Å². The molecule has 5 atom stereocenters. The molecule has 4 N–H and O–H groups in total. The Morgan fingerprint density at radius 3 is 2.44 bits per heavy atom. The van der Waals surface area contributed by atoms with Gasteiger partial charge in [0.25, 0.3) is 0 Å². The number of thiocarbonyl (C=S) groups is 1. The third-order valence-electron chi connectivity index (χ3n) is 2.13. The van der Waals surface area contributed by atoms with Gasteiger partial charge in [-0.2, -0.15) is 0 Å². The molecule has 1 saturated heterocycles. The minimum absolute atomic E-state index is 0.525. The molecule has 1 heterocycles. The molecule has 1 aliphatic heterocycles. The van der Waals surface area contributed by atoms with E-state index in [9.17, 15) is 20.4 Å². The van der Waals surface area contributed by atoms with Crippen LogP contribution in [0.15, 0.2) is 5.76 Å². The minimum atomic E-state index is -1.50. The minimum Gasteiger partial charge on any atom is -0.502 e. The van der Waals surface area contributed by atoms with E-state index >= 15 is 0 Å². The van der Waals surface area contributed by atoms with E-state index in [1.165, 1.54) is 0 Å². The van der Waals surface area contributed by atoms with E-state index in [0.717, 1.165) is 12.0 Å². The fraction of sp³-hybridized carbons (Fsp3) is 0.750. The maximum absolute atomic E-state index is 9.53. The van der Waals surface area contributed by atoms with Crippen LogP contribution in [-0.4, -0.2) is 62.4 Å². The van der Waals surface area contributed by atoms with Crippen LogP contribution in [0.4, 0.5) is 0 Å². The van der Waals surface area contributed by atoms with Gasteiger partial charge < -0.3 is 25.2 Å². The second kappa shape index (κ2) is 5.95. The van der Waals surface area contributed by atoms with Crippen LogP contribution in [-0.2, 0) is 8.92 Å². The molecule has 6 nitrogen and oxygen atoms in total. The van der Waals surface area contributed by atoms with E-state index in [2.05, 4.69) is 12.2 Å². The van der Waals surface area contributed by atoms with Gasteiger partial charge in [-0.15, -0.1) is 0 Å². The molecule has 0 saturated carbocycles. The second-order valence-corrected chi connectivity index (χ2v) is 3.88. The second-order valence-electron chi connectivity index (χ2n) is 3.15. The highest BCUT2D eigenvalue weighted by Gasteiger charge is 2.46. The molecule has 0 aliphatic carbocycles. The lowest BCUT2D eigenvalue weighted by molar-refractivity contribution is -0.264. The topological polar surface area (TPSA) is 99.4 Å². The van der Waals surface area contributed by atoms with Gasteiger partial charge in [0.15, 0.2) is 18.2 Å². The smallest absolute Gasteiger partial charge is 0.200 e. The quantitative estimate of drug-likeness (QED) is 0.298. The molecule has 1 rings (SSSR count). The van der Waals surface area contributed by atoms with E-state index in [1.54, 1.807) is 6.26 Å². The maximum atomic E-state index is 9.53. The molecule has 0 radical (unpaired) electrons. The summed E-state index contributed by atoms with van der Waals surface area (Å²) in [6.07, 6.45) is -5.22. The third kappa shape index (κ3) is 2.73. The first-order valence-corrected chi connectivity index (χ1v) is 5.91. The van der Waals surface area contributed by atoms with Crippen molar-refractivity contribution in [3.63, 3.8) is 0 Å². The summed E-state index contributed by atoms with van der Waals surface area (Å²) in [5.41, 5.74) is 0. The first kappa shape index (κ1) is 13.9. The summed E-state index contributed by atoms with van der Waals surface area (Å²) in [5, 5.41) is 39.8. The number of rotatable bonds is 3. The lowest BCUT2D eigenvalue weighted by Crippen LogP contribution is -2.58. The first-order valence-electron chi connectivity index (χ1n) is 4.36. The van der Waals surface area contributed by atoms with E-state index in [-0.39, 0.29) is 0 Å². The highest BCUT2D eigenvalue weighted by molar-refractivity contribution is 7.93. The highest BCUT2D eigenvalue weighted by atomic mass is 32.2. The van der Waals surface area contributed by atoms with Crippen LogP contribution in [0.3, 0.4) is 0 Å². The summed E-state index contributed by atoms with van der Waals surface area (Å²) >= 11 is 5.28. The van der Waals surface area contributed by atoms with Gasteiger partial charge in [-0.25, -0.2) is 0 Å². The summed E-state index contributed by atoms with van der Waals surface area (Å²) in [7, 11) is 0. The van der Waals surface area contributed by atoms with Crippen molar-refractivity contribution in [3.8, 4) is 0 Å². The van der Waals surface area contributed by atoms with Gasteiger partial charge in [0, 0.05) is 6.26 Å². The molecule has 1 aliphatic rings. The van der Waals surface area contributed by atoms with Crippen LogP contribution in [0, 0.1) is 0 Å². The van der Waals surface area contributed by atoms with Crippen LogP contribution in [0.1, 0.15) is 0 Å². The maximum Gasteiger partial charge on any atom is 0.200 e. The van der Waals surface area contributed by atoms with E-state index in [1.807, 2.05) is 5.02 Å². The van der Waals surface area contributed by atoms with Crippen molar-refractivity contribution in [1.82, 2.24) is 0 Å². The molecular weight excluding hydrogens is 256 g/mol. The van der Waals surface area contributed by atoms with Crippen molar-refractivity contribution >= 4 is 29.3 Å². The molecule has 1 fully saturated rings. The van der Waals surface area contributed by atoms with Crippen molar-refractivity contribution in [3.05, 3.63) is 5.76 Å². The predicted molar refractivity (Wildman–Crippen MR) is 60.0 cm³/mol. The summed E-state index contributed by atoms with van der Waals surface area (Å²) in [6.45, 7) is 0. The van der Waals surface area contributed by atoms with Gasteiger partial charge in [-0.3, -0.25) is 4.18 Å². The van der Waals surface area contributed by atoms with Gasteiger partial charge in [-0.1, -0.05) is 0 Å². The van der Waals surface area contributed by atoms with Gasteiger partial charge in [0.05, 0.1) is 0 Å². The van der Waals surface area contributed by atoms with Gasteiger partial charge in [0.2, 0.25) is 0 Å². The molecule has 8 heteroatoms. The molecule has 0 aromatic rings. The zero-order chi connectivity index (χ0) is 12.3. The number of aliphatic hydroxyl groups excluding tert-OH is 4. The Bertz CT molecular complexity index is 292. The fourth-order valence-electron chi connectivity index (χ4n) is 1.31. The number of hydrogen-bond donors (Lipinski definition) is 4.